The van der Waals surface area contributed by atoms with Crippen LogP contribution in [0.1, 0.15) is 23.1 Å². The maximum absolute atomic E-state index is 13.3. The highest BCUT2D eigenvalue weighted by molar-refractivity contribution is 7.92. The Morgan fingerprint density at radius 3 is 2.38 bits per heavy atom. The summed E-state index contributed by atoms with van der Waals surface area (Å²) in [7, 11) is -3.78. The molecule has 0 radical (unpaired) electrons. The summed E-state index contributed by atoms with van der Waals surface area (Å²) in [6.45, 7) is 2.27. The van der Waals surface area contributed by atoms with E-state index in [1.807, 2.05) is 6.92 Å². The molecule has 34 heavy (non-hydrogen) atoms. The summed E-state index contributed by atoms with van der Waals surface area (Å²) >= 11 is 0. The molecule has 2 N–H and O–H groups in total. The number of fused-ring (bicyclic) bond motifs is 1. The summed E-state index contributed by atoms with van der Waals surface area (Å²) in [5.41, 5.74) is 3.25. The third-order valence-electron chi connectivity index (χ3n) is 5.60. The van der Waals surface area contributed by atoms with E-state index in [0.717, 1.165) is 11.1 Å². The van der Waals surface area contributed by atoms with Crippen molar-refractivity contribution in [2.75, 3.05) is 16.2 Å². The van der Waals surface area contributed by atoms with Crippen LogP contribution in [0.3, 0.4) is 0 Å². The van der Waals surface area contributed by atoms with E-state index in [0.29, 0.717) is 36.3 Å². The Balaban J connectivity index is 1.49. The Labute approximate surface area is 197 Å². The minimum absolute atomic E-state index is 0.0687. The SMILES string of the molecule is Cc1ccc(S(=O)(=O)N2CCCc3ccc(NC(=O)C(=O)NCc4ccc(F)cc4)cc32)cc1. The molecule has 0 spiro atoms. The van der Waals surface area contributed by atoms with Gasteiger partial charge in [-0.1, -0.05) is 35.9 Å². The molecule has 0 saturated heterocycles. The second kappa shape index (κ2) is 9.64. The molecular weight excluding hydrogens is 457 g/mol. The molecular formula is C25H24FN3O4S. The van der Waals surface area contributed by atoms with Gasteiger partial charge in [-0.25, -0.2) is 12.8 Å². The molecule has 0 aliphatic carbocycles. The van der Waals surface area contributed by atoms with Crippen molar-refractivity contribution >= 4 is 33.2 Å². The molecule has 7 nitrogen and oxygen atoms in total. The number of halogens is 1. The van der Waals surface area contributed by atoms with Crippen molar-refractivity contribution < 1.29 is 22.4 Å². The van der Waals surface area contributed by atoms with E-state index in [9.17, 15) is 22.4 Å². The van der Waals surface area contributed by atoms with Crippen molar-refractivity contribution in [3.8, 4) is 0 Å². The van der Waals surface area contributed by atoms with Crippen molar-refractivity contribution in [1.29, 1.82) is 0 Å². The standard InChI is InChI=1S/C25H24FN3O4S/c1-17-4-12-22(13-5-17)34(32,33)29-14-2-3-19-8-11-21(15-23(19)29)28-25(31)24(30)27-16-18-6-9-20(26)10-7-18/h4-13,15H,2-3,14,16H2,1H3,(H,27,30)(H,28,31). The minimum atomic E-state index is -3.78. The fourth-order valence-corrected chi connectivity index (χ4v) is 5.29. The van der Waals surface area contributed by atoms with Gasteiger partial charge in [0.05, 0.1) is 10.6 Å². The van der Waals surface area contributed by atoms with Gasteiger partial charge >= 0.3 is 11.8 Å². The van der Waals surface area contributed by atoms with Gasteiger partial charge in [-0.2, -0.15) is 0 Å². The van der Waals surface area contributed by atoms with E-state index in [1.165, 1.54) is 28.6 Å². The molecule has 4 rings (SSSR count). The first kappa shape index (κ1) is 23.4. The molecule has 0 aromatic heterocycles. The number of nitrogens with zero attached hydrogens (tertiary/aromatic N) is 1. The molecule has 3 aromatic carbocycles. The highest BCUT2D eigenvalue weighted by Gasteiger charge is 2.29. The largest absolute Gasteiger partial charge is 0.344 e. The molecule has 9 heteroatoms. The van der Waals surface area contributed by atoms with Gasteiger partial charge in [0.1, 0.15) is 5.82 Å². The molecule has 0 atom stereocenters. The number of hydrogen-bond acceptors (Lipinski definition) is 4. The topological polar surface area (TPSA) is 95.6 Å². The summed E-state index contributed by atoms with van der Waals surface area (Å²) in [5.74, 6) is -2.13. The van der Waals surface area contributed by atoms with Crippen LogP contribution in [0.25, 0.3) is 0 Å². The quantitative estimate of drug-likeness (QED) is 0.545. The Morgan fingerprint density at radius 1 is 0.971 bits per heavy atom. The van der Waals surface area contributed by atoms with E-state index in [-0.39, 0.29) is 11.4 Å². The highest BCUT2D eigenvalue weighted by atomic mass is 32.2. The molecule has 1 heterocycles. The molecule has 1 aliphatic heterocycles. The number of sulfonamides is 1. The monoisotopic (exact) mass is 481 g/mol. The first-order valence-electron chi connectivity index (χ1n) is 10.8. The zero-order chi connectivity index (χ0) is 24.3. The van der Waals surface area contributed by atoms with E-state index in [1.54, 1.807) is 42.5 Å². The number of carbonyl (C=O) groups excluding carboxylic acids is 2. The van der Waals surface area contributed by atoms with E-state index in [2.05, 4.69) is 10.6 Å². The number of nitrogens with one attached hydrogen (secondary N) is 2. The Hall–Kier alpha value is -3.72. The maximum atomic E-state index is 13.3. The normalized spacial score (nSPS) is 13.2. The summed E-state index contributed by atoms with van der Waals surface area (Å²) in [4.78, 5) is 24.8. The molecule has 0 unspecified atom stereocenters. The fourth-order valence-electron chi connectivity index (χ4n) is 3.76. The number of aryl methyl sites for hydroxylation is 2. The smallest absolute Gasteiger partial charge is 0.313 e. The second-order valence-corrected chi connectivity index (χ2v) is 9.96. The predicted molar refractivity (Wildman–Crippen MR) is 127 cm³/mol. The van der Waals surface area contributed by atoms with Crippen LogP contribution in [-0.4, -0.2) is 26.8 Å². The van der Waals surface area contributed by atoms with E-state index in [4.69, 9.17) is 0 Å². The lowest BCUT2D eigenvalue weighted by atomic mass is 10.0. The van der Waals surface area contributed by atoms with Gasteiger partial charge in [0, 0.05) is 18.8 Å². The lowest BCUT2D eigenvalue weighted by Gasteiger charge is -2.31. The van der Waals surface area contributed by atoms with Gasteiger partial charge in [-0.3, -0.25) is 13.9 Å². The first-order chi connectivity index (χ1) is 16.2. The van der Waals surface area contributed by atoms with Crippen molar-refractivity contribution in [2.24, 2.45) is 0 Å². The van der Waals surface area contributed by atoms with Crippen LogP contribution in [0.15, 0.2) is 71.6 Å². The van der Waals surface area contributed by atoms with Crippen LogP contribution in [0.2, 0.25) is 0 Å². The molecule has 176 valence electrons. The Kier molecular flexibility index (Phi) is 6.65. The van der Waals surface area contributed by atoms with Crippen molar-refractivity contribution in [2.45, 2.75) is 31.2 Å². The van der Waals surface area contributed by atoms with Crippen molar-refractivity contribution in [3.05, 3.63) is 89.2 Å². The Morgan fingerprint density at radius 2 is 1.68 bits per heavy atom. The van der Waals surface area contributed by atoms with Crippen LogP contribution in [0.4, 0.5) is 15.8 Å². The van der Waals surface area contributed by atoms with Crippen LogP contribution in [0.5, 0.6) is 0 Å². The summed E-state index contributed by atoms with van der Waals surface area (Å²) in [6, 6.07) is 17.2. The molecule has 0 fully saturated rings. The van der Waals surface area contributed by atoms with E-state index >= 15 is 0 Å². The average Bonchev–Trinajstić information content (AvgIpc) is 2.83. The number of hydrogen-bond donors (Lipinski definition) is 2. The van der Waals surface area contributed by atoms with Crippen molar-refractivity contribution in [3.63, 3.8) is 0 Å². The number of rotatable bonds is 5. The fraction of sp³-hybridized carbons (Fsp3) is 0.200. The summed E-state index contributed by atoms with van der Waals surface area (Å²) in [5, 5.41) is 5.00. The maximum Gasteiger partial charge on any atom is 0.313 e. The lowest BCUT2D eigenvalue weighted by Crippen LogP contribution is -2.36. The van der Waals surface area contributed by atoms with Gasteiger partial charge in [-0.05, 0) is 67.3 Å². The first-order valence-corrected chi connectivity index (χ1v) is 12.2. The number of amides is 2. The summed E-state index contributed by atoms with van der Waals surface area (Å²) in [6.07, 6.45) is 1.39. The predicted octanol–water partition coefficient (Wildman–Crippen LogP) is 3.53. The van der Waals surface area contributed by atoms with E-state index < -0.39 is 27.7 Å². The third-order valence-corrected chi connectivity index (χ3v) is 7.43. The zero-order valence-corrected chi connectivity index (χ0v) is 19.4. The van der Waals surface area contributed by atoms with Crippen molar-refractivity contribution in [1.82, 2.24) is 5.32 Å². The van der Waals surface area contributed by atoms with Crippen LogP contribution in [0, 0.1) is 12.7 Å². The van der Waals surface area contributed by atoms with Crippen LogP contribution < -0.4 is 14.9 Å². The molecule has 3 aromatic rings. The van der Waals surface area contributed by atoms with Gasteiger partial charge in [0.2, 0.25) is 0 Å². The van der Waals surface area contributed by atoms with Gasteiger partial charge < -0.3 is 10.6 Å². The molecule has 0 bridgehead atoms. The number of anilines is 2. The molecule has 1 aliphatic rings. The summed E-state index contributed by atoms with van der Waals surface area (Å²) < 4.78 is 40.9. The average molecular weight is 482 g/mol. The van der Waals surface area contributed by atoms with Crippen LogP contribution in [-0.2, 0) is 32.6 Å². The van der Waals surface area contributed by atoms with Gasteiger partial charge in [0.15, 0.2) is 0 Å². The van der Waals surface area contributed by atoms with Gasteiger partial charge in [0.25, 0.3) is 10.0 Å². The minimum Gasteiger partial charge on any atom is -0.344 e. The zero-order valence-electron chi connectivity index (χ0n) is 18.5. The molecule has 2 amide bonds. The third kappa shape index (κ3) is 5.09. The number of benzene rings is 3. The van der Waals surface area contributed by atoms with Gasteiger partial charge in [-0.15, -0.1) is 0 Å². The number of carbonyl (C=O) groups is 2. The highest BCUT2D eigenvalue weighted by Crippen LogP contribution is 2.34. The lowest BCUT2D eigenvalue weighted by molar-refractivity contribution is -0.136. The van der Waals surface area contributed by atoms with Crippen LogP contribution >= 0.6 is 0 Å². The second-order valence-electron chi connectivity index (χ2n) is 8.10. The molecule has 0 saturated carbocycles. The Bertz CT molecular complexity index is 1320.